The van der Waals surface area contributed by atoms with Crippen LogP contribution in [-0.4, -0.2) is 86.4 Å². The van der Waals surface area contributed by atoms with Gasteiger partial charge in [0.1, 0.15) is 0 Å². The molecule has 4 heterocycles. The fourth-order valence-electron chi connectivity index (χ4n) is 3.95. The van der Waals surface area contributed by atoms with E-state index in [0.29, 0.717) is 0 Å². The molecule has 0 aliphatic carbocycles. The Balaban J connectivity index is 0.000000301. The highest BCUT2D eigenvalue weighted by atomic mass is 19.4. The van der Waals surface area contributed by atoms with Gasteiger partial charge >= 0.3 is 24.3 Å². The van der Waals surface area contributed by atoms with Crippen LogP contribution in [0, 0.1) is 5.41 Å². The van der Waals surface area contributed by atoms with E-state index in [1.807, 2.05) is 11.0 Å². The van der Waals surface area contributed by atoms with Gasteiger partial charge in [-0.1, -0.05) is 0 Å². The van der Waals surface area contributed by atoms with Crippen LogP contribution in [0.3, 0.4) is 0 Å². The van der Waals surface area contributed by atoms with E-state index >= 15 is 0 Å². The average Bonchev–Trinajstić information content (AvgIpc) is 3.27. The topological polar surface area (TPSA) is 137 Å². The summed E-state index contributed by atoms with van der Waals surface area (Å²) < 4.78 is 63.5. The first-order chi connectivity index (χ1) is 17.6. The van der Waals surface area contributed by atoms with Crippen LogP contribution in [0.2, 0.25) is 0 Å². The number of piperidine rings is 1. The molecule has 1 atom stereocenters. The number of alkyl halides is 6. The highest BCUT2D eigenvalue weighted by Gasteiger charge is 2.43. The number of carbonyl (C=O) groups is 3. The minimum atomic E-state index is -5.08. The van der Waals surface area contributed by atoms with Gasteiger partial charge in [-0.2, -0.15) is 26.3 Å². The molecule has 2 aliphatic rings. The van der Waals surface area contributed by atoms with Crippen molar-refractivity contribution in [3.8, 4) is 0 Å². The van der Waals surface area contributed by atoms with Crippen LogP contribution in [-0.2, 0) is 9.59 Å². The first-order valence-corrected chi connectivity index (χ1v) is 11.0. The number of hydrogen-bond acceptors (Lipinski definition) is 7. The van der Waals surface area contributed by atoms with Crippen molar-refractivity contribution >= 4 is 23.8 Å². The van der Waals surface area contributed by atoms with Crippen LogP contribution in [0.15, 0.2) is 43.0 Å². The van der Waals surface area contributed by atoms with Crippen molar-refractivity contribution in [2.24, 2.45) is 5.41 Å². The summed E-state index contributed by atoms with van der Waals surface area (Å²) in [5.41, 5.74) is 0.890. The molecule has 4 rings (SSSR count). The van der Waals surface area contributed by atoms with Crippen molar-refractivity contribution in [1.29, 1.82) is 0 Å². The molecule has 0 saturated carbocycles. The Kier molecular flexibility index (Phi) is 9.96. The summed E-state index contributed by atoms with van der Waals surface area (Å²) in [6.45, 7) is 3.56. The lowest BCUT2D eigenvalue weighted by Crippen LogP contribution is -2.46. The minimum absolute atomic E-state index is 0.113. The molecule has 16 heteroatoms. The summed E-state index contributed by atoms with van der Waals surface area (Å²) in [6.07, 6.45) is 0.0938. The largest absolute Gasteiger partial charge is 0.490 e. The number of anilines is 1. The Morgan fingerprint density at radius 2 is 1.34 bits per heavy atom. The summed E-state index contributed by atoms with van der Waals surface area (Å²) in [5.74, 6) is -4.60. The van der Waals surface area contributed by atoms with Gasteiger partial charge in [0, 0.05) is 61.9 Å². The van der Waals surface area contributed by atoms with E-state index in [-0.39, 0.29) is 11.3 Å². The van der Waals surface area contributed by atoms with Crippen LogP contribution in [0.5, 0.6) is 0 Å². The number of carboxylic acids is 2. The summed E-state index contributed by atoms with van der Waals surface area (Å²) in [7, 11) is 0. The highest BCUT2D eigenvalue weighted by molar-refractivity contribution is 5.94. The molecular weight excluding hydrogens is 528 g/mol. The second kappa shape index (κ2) is 12.5. The zero-order valence-corrected chi connectivity index (χ0v) is 19.6. The van der Waals surface area contributed by atoms with E-state index in [0.717, 1.165) is 57.0 Å². The molecule has 208 valence electrons. The number of pyridine rings is 1. The summed E-state index contributed by atoms with van der Waals surface area (Å²) >= 11 is 0. The molecule has 1 unspecified atom stereocenters. The Morgan fingerprint density at radius 3 is 1.84 bits per heavy atom. The van der Waals surface area contributed by atoms with Crippen molar-refractivity contribution in [3.63, 3.8) is 0 Å². The van der Waals surface area contributed by atoms with Gasteiger partial charge in [0.25, 0.3) is 5.91 Å². The van der Waals surface area contributed by atoms with Crippen LogP contribution in [0.25, 0.3) is 0 Å². The summed E-state index contributed by atoms with van der Waals surface area (Å²) in [5, 5.41) is 14.2. The molecule has 0 radical (unpaired) electrons. The maximum absolute atomic E-state index is 12.7. The van der Waals surface area contributed by atoms with Crippen molar-refractivity contribution in [2.45, 2.75) is 31.6 Å². The molecule has 2 aromatic heterocycles. The van der Waals surface area contributed by atoms with Gasteiger partial charge in [0.2, 0.25) is 5.95 Å². The second-order valence-electron chi connectivity index (χ2n) is 8.39. The normalized spacial score (nSPS) is 19.1. The van der Waals surface area contributed by atoms with E-state index in [1.165, 1.54) is 0 Å². The number of amides is 1. The molecule has 1 spiro atoms. The molecule has 0 aromatic carbocycles. The molecular formula is C22H23F6N5O5. The number of nitrogens with zero attached hydrogens (tertiary/aromatic N) is 5. The molecule has 2 fully saturated rings. The third kappa shape index (κ3) is 8.85. The van der Waals surface area contributed by atoms with Crippen LogP contribution >= 0.6 is 0 Å². The van der Waals surface area contributed by atoms with Gasteiger partial charge in [0.15, 0.2) is 0 Å². The van der Waals surface area contributed by atoms with Crippen molar-refractivity contribution in [2.75, 3.05) is 31.1 Å². The third-order valence-electron chi connectivity index (χ3n) is 5.63. The van der Waals surface area contributed by atoms with Crippen LogP contribution in [0.1, 0.15) is 29.6 Å². The number of halogens is 6. The van der Waals surface area contributed by atoms with Crippen LogP contribution < -0.4 is 4.90 Å². The van der Waals surface area contributed by atoms with Gasteiger partial charge in [-0.05, 0) is 37.5 Å². The number of likely N-dealkylation sites (tertiary alicyclic amines) is 1. The smallest absolute Gasteiger partial charge is 0.475 e. The molecule has 2 aromatic rings. The molecule has 2 N–H and O–H groups in total. The van der Waals surface area contributed by atoms with E-state index < -0.39 is 24.3 Å². The molecule has 2 saturated heterocycles. The van der Waals surface area contributed by atoms with Gasteiger partial charge in [-0.15, -0.1) is 0 Å². The molecule has 0 bridgehead atoms. The van der Waals surface area contributed by atoms with Crippen LogP contribution in [0.4, 0.5) is 32.3 Å². The fourth-order valence-corrected chi connectivity index (χ4v) is 3.95. The molecule has 1 amide bonds. The molecule has 10 nitrogen and oxygen atoms in total. The molecule has 38 heavy (non-hydrogen) atoms. The fraction of sp³-hybridized carbons (Fsp3) is 0.455. The number of aliphatic carboxylic acids is 2. The maximum Gasteiger partial charge on any atom is 0.490 e. The zero-order chi connectivity index (χ0) is 28.6. The van der Waals surface area contributed by atoms with Crippen molar-refractivity contribution in [3.05, 3.63) is 48.5 Å². The predicted octanol–water partition coefficient (Wildman–Crippen LogP) is 3.27. The van der Waals surface area contributed by atoms with Gasteiger partial charge in [-0.3, -0.25) is 9.78 Å². The second-order valence-corrected chi connectivity index (χ2v) is 8.39. The quantitative estimate of drug-likeness (QED) is 0.539. The Morgan fingerprint density at radius 1 is 0.816 bits per heavy atom. The lowest BCUT2D eigenvalue weighted by Gasteiger charge is -2.40. The standard InChI is InChI=1S/C18H21N5O.2C2HF3O2/c24-16(15-3-9-19-10-4-15)22-12-6-18(13-22)5-1-11-23(14-18)17-20-7-2-8-21-17;2*3-2(4,5)1(6)7/h2-4,7-10H,1,5-6,11-14H2;2*(H,6,7). The highest BCUT2D eigenvalue weighted by Crippen LogP contribution is 2.40. The Hall–Kier alpha value is -3.98. The Bertz CT molecular complexity index is 1060. The first kappa shape index (κ1) is 30.2. The summed E-state index contributed by atoms with van der Waals surface area (Å²) in [4.78, 5) is 47.5. The number of rotatable bonds is 2. The monoisotopic (exact) mass is 551 g/mol. The predicted molar refractivity (Wildman–Crippen MR) is 118 cm³/mol. The van der Waals surface area contributed by atoms with Crippen molar-refractivity contribution < 1.29 is 50.9 Å². The number of carboxylic acid groups (broad SMARTS) is 2. The minimum Gasteiger partial charge on any atom is -0.475 e. The van der Waals surface area contributed by atoms with E-state index in [1.54, 1.807) is 36.9 Å². The molecule has 2 aliphatic heterocycles. The number of hydrogen-bond donors (Lipinski definition) is 2. The number of carbonyl (C=O) groups excluding carboxylic acids is 1. The lowest BCUT2D eigenvalue weighted by atomic mass is 9.79. The number of aromatic nitrogens is 3. The van der Waals surface area contributed by atoms with Crippen molar-refractivity contribution in [1.82, 2.24) is 19.9 Å². The first-order valence-electron chi connectivity index (χ1n) is 11.0. The van der Waals surface area contributed by atoms with Gasteiger partial charge < -0.3 is 20.0 Å². The van der Waals surface area contributed by atoms with E-state index in [4.69, 9.17) is 19.8 Å². The third-order valence-corrected chi connectivity index (χ3v) is 5.63. The van der Waals surface area contributed by atoms with E-state index in [9.17, 15) is 31.1 Å². The van der Waals surface area contributed by atoms with Gasteiger partial charge in [-0.25, -0.2) is 19.6 Å². The lowest BCUT2D eigenvalue weighted by molar-refractivity contribution is -0.193. The Labute approximate surface area is 211 Å². The summed E-state index contributed by atoms with van der Waals surface area (Å²) in [6, 6.07) is 5.42. The zero-order valence-electron chi connectivity index (χ0n) is 19.6. The SMILES string of the molecule is O=C(O)C(F)(F)F.O=C(O)C(F)(F)F.O=C(c1ccncc1)N1CCC2(CCCN(c3ncccn3)C2)C1. The van der Waals surface area contributed by atoms with E-state index in [2.05, 4.69) is 19.9 Å². The van der Waals surface area contributed by atoms with Gasteiger partial charge in [0.05, 0.1) is 0 Å². The maximum atomic E-state index is 12.7. The average molecular weight is 551 g/mol.